The molecular weight excluding hydrogens is 512 g/mol. The van der Waals surface area contributed by atoms with E-state index in [1.807, 2.05) is 12.1 Å². The molecule has 210 valence electrons. The highest BCUT2D eigenvalue weighted by Gasteiger charge is 2.40. The monoisotopic (exact) mass is 546 g/mol. The number of anilines is 2. The van der Waals surface area contributed by atoms with Gasteiger partial charge in [-0.05, 0) is 68.6 Å². The summed E-state index contributed by atoms with van der Waals surface area (Å²) in [5.41, 5.74) is 3.64. The van der Waals surface area contributed by atoms with Crippen LogP contribution in [-0.2, 0) is 20.9 Å². The number of nitrogens with zero attached hydrogens (tertiary/aromatic N) is 2. The van der Waals surface area contributed by atoms with Gasteiger partial charge in [-0.25, -0.2) is 0 Å². The quantitative estimate of drug-likeness (QED) is 0.202. The predicted molar refractivity (Wildman–Crippen MR) is 149 cm³/mol. The second-order valence-electron chi connectivity index (χ2n) is 10.4. The minimum Gasteiger partial charge on any atom is -0.382 e. The number of piperidine rings is 2. The molecule has 0 aliphatic carbocycles. The number of hydrogen-bond acceptors (Lipinski definition) is 7. The van der Waals surface area contributed by atoms with E-state index in [1.165, 1.54) is 0 Å². The molecule has 3 aliphatic heterocycles. The molecule has 2 aromatic carbocycles. The molecule has 2 saturated heterocycles. The standard InChI is InChI=1S/C29H34N6O5/c36-18-31-20-7-5-19(6-8-20)27(38)30-13-2-14-34-15-11-21(12-16-34)32-24-4-1-3-22-23(24)17-35(29(22)40)25-9-10-26(37)33-28(25)39/h1,3-8,18,21,25,32H,2,9-17H2,(H,30,38)(H,31,36)(H,33,37,39). The Bertz CT molecular complexity index is 1290. The maximum Gasteiger partial charge on any atom is 0.255 e. The highest BCUT2D eigenvalue weighted by Crippen LogP contribution is 2.33. The van der Waals surface area contributed by atoms with Crippen LogP contribution in [0.25, 0.3) is 0 Å². The minimum atomic E-state index is -0.621. The number of nitrogens with one attached hydrogen (secondary N) is 4. The maximum atomic E-state index is 13.1. The van der Waals surface area contributed by atoms with Crippen molar-refractivity contribution >= 4 is 41.4 Å². The molecule has 0 spiro atoms. The molecule has 4 N–H and O–H groups in total. The fraction of sp³-hybridized carbons (Fsp3) is 0.414. The third kappa shape index (κ3) is 6.15. The van der Waals surface area contributed by atoms with Crippen LogP contribution in [0.15, 0.2) is 42.5 Å². The van der Waals surface area contributed by atoms with Crippen LogP contribution in [0.4, 0.5) is 11.4 Å². The van der Waals surface area contributed by atoms with Crippen LogP contribution >= 0.6 is 0 Å². The Morgan fingerprint density at radius 3 is 2.52 bits per heavy atom. The molecule has 40 heavy (non-hydrogen) atoms. The van der Waals surface area contributed by atoms with Gasteiger partial charge in [0.2, 0.25) is 18.2 Å². The molecule has 3 heterocycles. The Hall–Kier alpha value is -4.25. The van der Waals surface area contributed by atoms with Crippen molar-refractivity contribution in [2.75, 3.05) is 36.8 Å². The Kier molecular flexibility index (Phi) is 8.40. The molecule has 11 nitrogen and oxygen atoms in total. The lowest BCUT2D eigenvalue weighted by Gasteiger charge is -2.33. The van der Waals surface area contributed by atoms with Crippen molar-refractivity contribution in [3.05, 3.63) is 59.2 Å². The summed E-state index contributed by atoms with van der Waals surface area (Å²) < 4.78 is 0. The van der Waals surface area contributed by atoms with Crippen LogP contribution in [0.1, 0.15) is 58.4 Å². The molecule has 1 unspecified atom stereocenters. The summed E-state index contributed by atoms with van der Waals surface area (Å²) in [6.45, 7) is 3.71. The number of benzene rings is 2. The fourth-order valence-corrected chi connectivity index (χ4v) is 5.63. The number of fused-ring (bicyclic) bond motifs is 1. The van der Waals surface area contributed by atoms with Crippen molar-refractivity contribution in [1.29, 1.82) is 0 Å². The van der Waals surface area contributed by atoms with E-state index in [1.54, 1.807) is 35.2 Å². The van der Waals surface area contributed by atoms with Crippen LogP contribution in [0.2, 0.25) is 0 Å². The SMILES string of the molecule is O=CNc1ccc(C(=O)NCCCN2CCC(Nc3cccc4c3CN(C3CCC(=O)NC3=O)C4=O)CC2)cc1. The molecule has 0 bridgehead atoms. The van der Waals surface area contributed by atoms with Gasteiger partial charge >= 0.3 is 0 Å². The summed E-state index contributed by atoms with van der Waals surface area (Å²) in [4.78, 5) is 63.8. The van der Waals surface area contributed by atoms with Crippen molar-refractivity contribution in [2.24, 2.45) is 0 Å². The van der Waals surface area contributed by atoms with E-state index in [4.69, 9.17) is 0 Å². The number of carbonyl (C=O) groups is 5. The first-order chi connectivity index (χ1) is 19.4. The smallest absolute Gasteiger partial charge is 0.255 e. The summed E-state index contributed by atoms with van der Waals surface area (Å²) in [5.74, 6) is -0.992. The van der Waals surface area contributed by atoms with E-state index in [2.05, 4.69) is 26.2 Å². The average Bonchev–Trinajstić information content (AvgIpc) is 3.29. The topological polar surface area (TPSA) is 140 Å². The van der Waals surface area contributed by atoms with Crippen LogP contribution in [-0.4, -0.2) is 78.1 Å². The van der Waals surface area contributed by atoms with Gasteiger partial charge in [0.15, 0.2) is 0 Å². The van der Waals surface area contributed by atoms with Gasteiger partial charge in [-0.2, -0.15) is 0 Å². The van der Waals surface area contributed by atoms with E-state index in [9.17, 15) is 24.0 Å². The molecule has 0 aromatic heterocycles. The zero-order valence-electron chi connectivity index (χ0n) is 22.3. The van der Waals surface area contributed by atoms with Gasteiger partial charge < -0.3 is 25.8 Å². The molecule has 5 rings (SSSR count). The Morgan fingerprint density at radius 2 is 1.80 bits per heavy atom. The Morgan fingerprint density at radius 1 is 1.02 bits per heavy atom. The van der Waals surface area contributed by atoms with Gasteiger partial charge in [0.05, 0.1) is 0 Å². The van der Waals surface area contributed by atoms with Crippen molar-refractivity contribution in [3.63, 3.8) is 0 Å². The second-order valence-corrected chi connectivity index (χ2v) is 10.4. The van der Waals surface area contributed by atoms with Crippen LogP contribution in [0.3, 0.4) is 0 Å². The Labute approximate surface area is 232 Å². The summed E-state index contributed by atoms with van der Waals surface area (Å²) in [6, 6.07) is 12.1. The Balaban J connectivity index is 1.06. The highest BCUT2D eigenvalue weighted by atomic mass is 16.2. The maximum absolute atomic E-state index is 13.1. The summed E-state index contributed by atoms with van der Waals surface area (Å²) in [7, 11) is 0. The molecule has 2 aromatic rings. The van der Waals surface area contributed by atoms with Gasteiger partial charge in [0, 0.05) is 66.7 Å². The normalized spacial score (nSPS) is 19.6. The first-order valence-electron chi connectivity index (χ1n) is 13.8. The lowest BCUT2D eigenvalue weighted by Crippen LogP contribution is -2.52. The third-order valence-corrected chi connectivity index (χ3v) is 7.84. The molecule has 0 saturated carbocycles. The highest BCUT2D eigenvalue weighted by molar-refractivity contribution is 6.06. The molecule has 0 radical (unpaired) electrons. The molecular formula is C29H34N6O5. The first kappa shape index (κ1) is 27.3. The van der Waals surface area contributed by atoms with Crippen molar-refractivity contribution in [3.8, 4) is 0 Å². The number of imide groups is 1. The van der Waals surface area contributed by atoms with E-state index < -0.39 is 11.9 Å². The van der Waals surface area contributed by atoms with Crippen LogP contribution < -0.4 is 21.3 Å². The van der Waals surface area contributed by atoms with Crippen molar-refractivity contribution in [2.45, 2.75) is 50.7 Å². The number of amides is 5. The van der Waals surface area contributed by atoms with Gasteiger partial charge in [-0.3, -0.25) is 29.3 Å². The number of carbonyl (C=O) groups excluding carboxylic acids is 5. The van der Waals surface area contributed by atoms with E-state index in [0.717, 1.165) is 50.1 Å². The zero-order valence-corrected chi connectivity index (χ0v) is 22.3. The van der Waals surface area contributed by atoms with Gasteiger partial charge in [-0.15, -0.1) is 0 Å². The third-order valence-electron chi connectivity index (χ3n) is 7.84. The van der Waals surface area contributed by atoms with Crippen LogP contribution in [0, 0.1) is 0 Å². The molecule has 2 fully saturated rings. The molecule has 11 heteroatoms. The average molecular weight is 547 g/mol. The summed E-state index contributed by atoms with van der Waals surface area (Å²) in [6.07, 6.45) is 3.95. The predicted octanol–water partition coefficient (Wildman–Crippen LogP) is 1.71. The largest absolute Gasteiger partial charge is 0.382 e. The minimum absolute atomic E-state index is 0.134. The number of rotatable bonds is 10. The lowest BCUT2D eigenvalue weighted by molar-refractivity contribution is -0.136. The van der Waals surface area contributed by atoms with Crippen molar-refractivity contribution < 1.29 is 24.0 Å². The fourth-order valence-electron chi connectivity index (χ4n) is 5.63. The zero-order chi connectivity index (χ0) is 28.1. The number of hydrogen-bond donors (Lipinski definition) is 4. The lowest BCUT2D eigenvalue weighted by atomic mass is 10.0. The van der Waals surface area contributed by atoms with E-state index in [-0.39, 0.29) is 30.2 Å². The molecule has 1 atom stereocenters. The van der Waals surface area contributed by atoms with E-state index in [0.29, 0.717) is 42.7 Å². The molecule has 3 aliphatic rings. The summed E-state index contributed by atoms with van der Waals surface area (Å²) in [5, 5.41) is 11.5. The first-order valence-corrected chi connectivity index (χ1v) is 13.8. The van der Waals surface area contributed by atoms with Gasteiger partial charge in [0.1, 0.15) is 6.04 Å². The second kappa shape index (κ2) is 12.3. The van der Waals surface area contributed by atoms with E-state index >= 15 is 0 Å². The number of likely N-dealkylation sites (tertiary alicyclic amines) is 1. The summed E-state index contributed by atoms with van der Waals surface area (Å²) >= 11 is 0. The van der Waals surface area contributed by atoms with Gasteiger partial charge in [0.25, 0.3) is 11.8 Å². The molecule has 5 amide bonds. The van der Waals surface area contributed by atoms with Gasteiger partial charge in [-0.1, -0.05) is 6.07 Å². The van der Waals surface area contributed by atoms with Crippen LogP contribution in [0.5, 0.6) is 0 Å². The van der Waals surface area contributed by atoms with Crippen molar-refractivity contribution in [1.82, 2.24) is 20.4 Å².